The zero-order chi connectivity index (χ0) is 9.23. The molecular formula is C7H12ClNO3. The molecule has 1 heterocycles. The van der Waals surface area contributed by atoms with Gasteiger partial charge in [0.2, 0.25) is 0 Å². The van der Waals surface area contributed by atoms with Crippen molar-refractivity contribution in [3.05, 3.63) is 0 Å². The van der Waals surface area contributed by atoms with Crippen molar-refractivity contribution < 1.29 is 14.3 Å². The molecule has 0 bridgehead atoms. The SMILES string of the molecule is C1COCCN1.O=CC(Cl)C=O. The van der Waals surface area contributed by atoms with Crippen LogP contribution < -0.4 is 5.32 Å². The maximum atomic E-state index is 9.37. The highest BCUT2D eigenvalue weighted by Crippen LogP contribution is 1.80. The second-order valence-corrected chi connectivity index (χ2v) is 2.58. The van der Waals surface area contributed by atoms with E-state index in [1.807, 2.05) is 0 Å². The van der Waals surface area contributed by atoms with E-state index in [1.54, 1.807) is 0 Å². The molecule has 0 aliphatic carbocycles. The van der Waals surface area contributed by atoms with Crippen LogP contribution in [-0.4, -0.2) is 44.3 Å². The zero-order valence-electron chi connectivity index (χ0n) is 6.66. The number of ether oxygens (including phenoxy) is 1. The Morgan fingerprint density at radius 1 is 1.25 bits per heavy atom. The Kier molecular flexibility index (Phi) is 8.32. The first-order chi connectivity index (χ1) is 5.81. The second kappa shape index (κ2) is 8.64. The predicted octanol–water partition coefficient (Wildman–Crippen LogP) is -0.402. The van der Waals surface area contributed by atoms with Gasteiger partial charge in [0.05, 0.1) is 13.2 Å². The predicted molar refractivity (Wildman–Crippen MR) is 45.5 cm³/mol. The molecule has 0 atom stereocenters. The van der Waals surface area contributed by atoms with E-state index in [-0.39, 0.29) is 0 Å². The van der Waals surface area contributed by atoms with Crippen LogP contribution in [0.25, 0.3) is 0 Å². The fraction of sp³-hybridized carbons (Fsp3) is 0.714. The summed E-state index contributed by atoms with van der Waals surface area (Å²) in [6.45, 7) is 3.83. The highest BCUT2D eigenvalue weighted by Gasteiger charge is 1.93. The van der Waals surface area contributed by atoms with Crippen LogP contribution in [0.2, 0.25) is 0 Å². The molecule has 1 aliphatic heterocycles. The Morgan fingerprint density at radius 3 is 1.83 bits per heavy atom. The Hall–Kier alpha value is -0.450. The largest absolute Gasteiger partial charge is 0.379 e. The van der Waals surface area contributed by atoms with Gasteiger partial charge >= 0.3 is 0 Å². The number of aldehydes is 2. The average molecular weight is 194 g/mol. The molecule has 1 saturated heterocycles. The minimum Gasteiger partial charge on any atom is -0.379 e. The molecule has 0 radical (unpaired) electrons. The Morgan fingerprint density at radius 2 is 1.75 bits per heavy atom. The van der Waals surface area contributed by atoms with E-state index in [4.69, 9.17) is 16.3 Å². The number of hydrogen-bond donors (Lipinski definition) is 1. The fourth-order valence-corrected chi connectivity index (χ4v) is 0.548. The third-order valence-corrected chi connectivity index (χ3v) is 1.31. The van der Waals surface area contributed by atoms with E-state index in [0.29, 0.717) is 12.6 Å². The molecular weight excluding hydrogens is 182 g/mol. The summed E-state index contributed by atoms with van der Waals surface area (Å²) in [5.74, 6) is 0. The number of hydrogen-bond acceptors (Lipinski definition) is 4. The smallest absolute Gasteiger partial charge is 0.145 e. The molecule has 0 aromatic heterocycles. The minimum absolute atomic E-state index is 0.370. The zero-order valence-corrected chi connectivity index (χ0v) is 7.42. The van der Waals surface area contributed by atoms with Crippen LogP contribution in [0.4, 0.5) is 0 Å². The van der Waals surface area contributed by atoms with Crippen molar-refractivity contribution in [2.24, 2.45) is 0 Å². The van der Waals surface area contributed by atoms with Gasteiger partial charge in [0, 0.05) is 13.1 Å². The van der Waals surface area contributed by atoms with Crippen LogP contribution in [-0.2, 0) is 14.3 Å². The molecule has 5 heteroatoms. The Bertz CT molecular complexity index is 108. The average Bonchev–Trinajstić information content (AvgIpc) is 2.20. The summed E-state index contributed by atoms with van der Waals surface area (Å²) in [6, 6.07) is 0. The van der Waals surface area contributed by atoms with Crippen LogP contribution >= 0.6 is 11.6 Å². The third kappa shape index (κ3) is 7.65. The lowest BCUT2D eigenvalue weighted by Gasteiger charge is -2.10. The van der Waals surface area contributed by atoms with E-state index in [9.17, 15) is 9.59 Å². The van der Waals surface area contributed by atoms with Crippen LogP contribution in [0.5, 0.6) is 0 Å². The van der Waals surface area contributed by atoms with Gasteiger partial charge in [0.1, 0.15) is 17.9 Å². The summed E-state index contributed by atoms with van der Waals surface area (Å²) in [6.07, 6.45) is 0.739. The summed E-state index contributed by atoms with van der Waals surface area (Å²) < 4.78 is 5.01. The summed E-state index contributed by atoms with van der Waals surface area (Å²) in [7, 11) is 0. The van der Waals surface area contributed by atoms with Gasteiger partial charge in [0.15, 0.2) is 0 Å². The number of nitrogens with one attached hydrogen (secondary N) is 1. The van der Waals surface area contributed by atoms with Crippen LogP contribution in [0, 0.1) is 0 Å². The third-order valence-electron chi connectivity index (χ3n) is 1.11. The van der Waals surface area contributed by atoms with Crippen molar-refractivity contribution in [3.8, 4) is 0 Å². The van der Waals surface area contributed by atoms with E-state index in [0.717, 1.165) is 26.3 Å². The number of morpholine rings is 1. The number of halogens is 1. The monoisotopic (exact) mass is 193 g/mol. The molecule has 1 fully saturated rings. The van der Waals surface area contributed by atoms with Gasteiger partial charge in [-0.25, -0.2) is 0 Å². The Balaban J connectivity index is 0.000000202. The van der Waals surface area contributed by atoms with Gasteiger partial charge in [-0.2, -0.15) is 0 Å². The van der Waals surface area contributed by atoms with Crippen molar-refractivity contribution in [2.75, 3.05) is 26.3 Å². The first-order valence-electron chi connectivity index (χ1n) is 3.64. The van der Waals surface area contributed by atoms with Crippen molar-refractivity contribution in [3.63, 3.8) is 0 Å². The molecule has 0 saturated carbocycles. The lowest BCUT2D eigenvalue weighted by atomic mass is 10.5. The molecule has 70 valence electrons. The normalized spacial score (nSPS) is 16.2. The molecule has 12 heavy (non-hydrogen) atoms. The van der Waals surface area contributed by atoms with Crippen molar-refractivity contribution in [1.82, 2.24) is 5.32 Å². The van der Waals surface area contributed by atoms with Gasteiger partial charge in [-0.15, -0.1) is 11.6 Å². The number of carbonyl (C=O) groups excluding carboxylic acids is 2. The molecule has 0 aromatic carbocycles. The highest BCUT2D eigenvalue weighted by molar-refractivity contribution is 6.35. The first-order valence-corrected chi connectivity index (χ1v) is 4.08. The van der Waals surface area contributed by atoms with E-state index >= 15 is 0 Å². The topological polar surface area (TPSA) is 55.4 Å². The molecule has 0 aromatic rings. The first kappa shape index (κ1) is 11.6. The van der Waals surface area contributed by atoms with Gasteiger partial charge in [-0.3, -0.25) is 0 Å². The molecule has 0 unspecified atom stereocenters. The van der Waals surface area contributed by atoms with E-state index < -0.39 is 5.38 Å². The van der Waals surface area contributed by atoms with E-state index in [1.165, 1.54) is 0 Å². The van der Waals surface area contributed by atoms with Gasteiger partial charge in [-0.05, 0) is 0 Å². The lowest BCUT2D eigenvalue weighted by molar-refractivity contribution is -0.113. The summed E-state index contributed by atoms with van der Waals surface area (Å²) in [5.41, 5.74) is 0. The number of rotatable bonds is 2. The van der Waals surface area contributed by atoms with Crippen LogP contribution in [0.3, 0.4) is 0 Å². The van der Waals surface area contributed by atoms with Crippen molar-refractivity contribution in [1.29, 1.82) is 0 Å². The second-order valence-electron chi connectivity index (χ2n) is 2.08. The van der Waals surface area contributed by atoms with Crippen LogP contribution in [0.1, 0.15) is 0 Å². The molecule has 1 rings (SSSR count). The van der Waals surface area contributed by atoms with E-state index in [2.05, 4.69) is 5.32 Å². The van der Waals surface area contributed by atoms with Crippen LogP contribution in [0.15, 0.2) is 0 Å². The standard InChI is InChI=1S/C4H9NO.C3H3ClO2/c1-3-6-4-2-5-1;4-3(1-5)2-6/h5H,1-4H2;1-3H. The summed E-state index contributed by atoms with van der Waals surface area (Å²) in [4.78, 5) is 18.7. The molecule has 1 N–H and O–H groups in total. The van der Waals surface area contributed by atoms with Crippen molar-refractivity contribution in [2.45, 2.75) is 5.38 Å². The molecule has 0 amide bonds. The quantitative estimate of drug-likeness (QED) is 0.368. The maximum Gasteiger partial charge on any atom is 0.145 e. The molecule has 0 spiro atoms. The fourth-order valence-electron chi connectivity index (χ4n) is 0.548. The highest BCUT2D eigenvalue weighted by atomic mass is 35.5. The Labute approximate surface area is 76.2 Å². The summed E-state index contributed by atoms with van der Waals surface area (Å²) >= 11 is 4.91. The van der Waals surface area contributed by atoms with Crippen molar-refractivity contribution >= 4 is 24.2 Å². The molecule has 1 aliphatic rings. The lowest BCUT2D eigenvalue weighted by Crippen LogP contribution is -2.30. The van der Waals surface area contributed by atoms with Gasteiger partial charge in [-0.1, -0.05) is 0 Å². The minimum atomic E-state index is -0.954. The van der Waals surface area contributed by atoms with Gasteiger partial charge in [0.25, 0.3) is 0 Å². The summed E-state index contributed by atoms with van der Waals surface area (Å²) in [5, 5.41) is 2.21. The maximum absolute atomic E-state index is 9.37. The number of alkyl halides is 1. The molecule has 4 nitrogen and oxygen atoms in total. The van der Waals surface area contributed by atoms with Gasteiger partial charge < -0.3 is 19.6 Å². The number of carbonyl (C=O) groups is 2.